The van der Waals surface area contributed by atoms with Crippen molar-refractivity contribution in [3.8, 4) is 11.1 Å². The number of carboxylic acids is 1. The van der Waals surface area contributed by atoms with Gasteiger partial charge >= 0.3 is 5.97 Å². The third-order valence-electron chi connectivity index (χ3n) is 7.80. The van der Waals surface area contributed by atoms with Crippen LogP contribution >= 0.6 is 12.6 Å². The highest BCUT2D eigenvalue weighted by molar-refractivity contribution is 7.80. The van der Waals surface area contributed by atoms with Gasteiger partial charge in [-0.1, -0.05) is 85.8 Å². The quantitative estimate of drug-likeness (QED) is 0.135. The minimum absolute atomic E-state index is 0.00124. The Bertz CT molecular complexity index is 1730. The second-order valence-electron chi connectivity index (χ2n) is 11.0. The lowest BCUT2D eigenvalue weighted by Gasteiger charge is -2.15. The van der Waals surface area contributed by atoms with Gasteiger partial charge in [-0.15, -0.1) is 0 Å². The molecule has 0 saturated carbocycles. The molecule has 1 atom stereocenters. The second-order valence-corrected chi connectivity index (χ2v) is 11.3. The third kappa shape index (κ3) is 7.00. The molecule has 1 amide bonds. The average molecular weight is 592 g/mol. The lowest BCUT2D eigenvalue weighted by Crippen LogP contribution is -2.32. The summed E-state index contributed by atoms with van der Waals surface area (Å²) in [7, 11) is 0. The highest BCUT2D eigenvalue weighted by Gasteiger charge is 2.19. The van der Waals surface area contributed by atoms with Gasteiger partial charge in [0.1, 0.15) is 5.82 Å². The first-order chi connectivity index (χ1) is 20.9. The van der Waals surface area contributed by atoms with Crippen LogP contribution in [0.4, 0.5) is 0 Å². The summed E-state index contributed by atoms with van der Waals surface area (Å²) in [6.45, 7) is 5.29. The number of benzene rings is 4. The molecule has 43 heavy (non-hydrogen) atoms. The van der Waals surface area contributed by atoms with Crippen LogP contribution in [-0.4, -0.2) is 32.3 Å². The number of thiol groups is 1. The van der Waals surface area contributed by atoms with Crippen LogP contribution in [0.5, 0.6) is 0 Å². The van der Waals surface area contributed by atoms with Crippen molar-refractivity contribution in [1.82, 2.24) is 14.9 Å². The summed E-state index contributed by atoms with van der Waals surface area (Å²) in [5.41, 5.74) is 8.21. The smallest absolute Gasteiger partial charge is 0.336 e. The second kappa shape index (κ2) is 13.7. The van der Waals surface area contributed by atoms with Gasteiger partial charge in [0.05, 0.1) is 22.5 Å². The van der Waals surface area contributed by atoms with Crippen LogP contribution in [0, 0.1) is 12.8 Å². The molecule has 0 bridgehead atoms. The summed E-state index contributed by atoms with van der Waals surface area (Å²) >= 11 is 4.46. The topological polar surface area (TPSA) is 84.2 Å². The van der Waals surface area contributed by atoms with Gasteiger partial charge < -0.3 is 15.0 Å². The van der Waals surface area contributed by atoms with Crippen molar-refractivity contribution >= 4 is 35.5 Å². The minimum atomic E-state index is -0.937. The molecule has 0 fully saturated rings. The zero-order valence-corrected chi connectivity index (χ0v) is 25.5. The van der Waals surface area contributed by atoms with Crippen LogP contribution in [0.3, 0.4) is 0 Å². The molecule has 220 valence electrons. The Morgan fingerprint density at radius 3 is 2.35 bits per heavy atom. The van der Waals surface area contributed by atoms with Crippen molar-refractivity contribution in [2.24, 2.45) is 5.92 Å². The van der Waals surface area contributed by atoms with E-state index in [0.29, 0.717) is 30.8 Å². The minimum Gasteiger partial charge on any atom is -0.478 e. The monoisotopic (exact) mass is 591 g/mol. The first kappa shape index (κ1) is 30.1. The Balaban J connectivity index is 1.38. The summed E-state index contributed by atoms with van der Waals surface area (Å²) in [5, 5.41) is 12.7. The largest absolute Gasteiger partial charge is 0.478 e. The molecule has 4 aromatic carbocycles. The zero-order chi connectivity index (χ0) is 30.3. The number of carbonyl (C=O) groups is 2. The van der Waals surface area contributed by atoms with E-state index in [1.165, 1.54) is 0 Å². The molecule has 6 nitrogen and oxygen atoms in total. The maximum absolute atomic E-state index is 13.1. The molecule has 5 rings (SSSR count). The van der Waals surface area contributed by atoms with Crippen LogP contribution in [-0.2, 0) is 30.7 Å². The normalized spacial score (nSPS) is 11.9. The molecule has 0 radical (unpaired) electrons. The van der Waals surface area contributed by atoms with Crippen molar-refractivity contribution in [3.05, 3.63) is 125 Å². The molecule has 1 unspecified atom stereocenters. The number of carbonyl (C=O) groups excluding carboxylic acids is 1. The van der Waals surface area contributed by atoms with E-state index in [1.54, 1.807) is 12.1 Å². The van der Waals surface area contributed by atoms with Crippen molar-refractivity contribution in [3.63, 3.8) is 0 Å². The van der Waals surface area contributed by atoms with Crippen LogP contribution in [0.25, 0.3) is 22.2 Å². The number of hydrogen-bond donors (Lipinski definition) is 3. The molecular weight excluding hydrogens is 554 g/mol. The first-order valence-corrected chi connectivity index (χ1v) is 15.3. The highest BCUT2D eigenvalue weighted by Crippen LogP contribution is 2.27. The van der Waals surface area contributed by atoms with Crippen molar-refractivity contribution in [2.45, 2.75) is 46.2 Å². The van der Waals surface area contributed by atoms with E-state index < -0.39 is 5.97 Å². The predicted molar refractivity (Wildman–Crippen MR) is 176 cm³/mol. The van der Waals surface area contributed by atoms with Gasteiger partial charge in [0.25, 0.3) is 0 Å². The molecule has 1 heterocycles. The van der Waals surface area contributed by atoms with Gasteiger partial charge in [-0.25, -0.2) is 9.78 Å². The summed E-state index contributed by atoms with van der Waals surface area (Å²) < 4.78 is 2.27. The Labute approximate surface area is 258 Å². The number of aromatic carboxylic acids is 1. The number of amides is 1. The Hall–Kier alpha value is -4.36. The van der Waals surface area contributed by atoms with E-state index in [0.717, 1.165) is 57.5 Å². The number of imidazole rings is 1. The van der Waals surface area contributed by atoms with Gasteiger partial charge in [0.2, 0.25) is 5.91 Å². The fourth-order valence-electron chi connectivity index (χ4n) is 5.57. The Morgan fingerprint density at radius 2 is 1.65 bits per heavy atom. The molecule has 1 aromatic heterocycles. The number of nitrogens with one attached hydrogen (secondary N) is 1. The van der Waals surface area contributed by atoms with Crippen LogP contribution in [0.15, 0.2) is 91.0 Å². The van der Waals surface area contributed by atoms with Crippen LogP contribution < -0.4 is 5.32 Å². The third-order valence-corrected chi connectivity index (χ3v) is 8.24. The summed E-state index contributed by atoms with van der Waals surface area (Å²) in [5.74, 6) is 0.365. The van der Waals surface area contributed by atoms with Crippen molar-refractivity contribution < 1.29 is 14.7 Å². The van der Waals surface area contributed by atoms with Crippen LogP contribution in [0.2, 0.25) is 0 Å². The number of fused-ring (bicyclic) bond motifs is 1. The molecule has 0 aliphatic carbocycles. The van der Waals surface area contributed by atoms with Crippen LogP contribution in [0.1, 0.15) is 51.8 Å². The zero-order valence-electron chi connectivity index (χ0n) is 24.6. The summed E-state index contributed by atoms with van der Waals surface area (Å²) in [6, 6.07) is 29.4. The molecule has 0 aliphatic heterocycles. The van der Waals surface area contributed by atoms with Gasteiger partial charge in [0, 0.05) is 25.3 Å². The van der Waals surface area contributed by atoms with Crippen molar-refractivity contribution in [2.75, 3.05) is 5.75 Å². The van der Waals surface area contributed by atoms with Gasteiger partial charge in [-0.2, -0.15) is 12.6 Å². The van der Waals surface area contributed by atoms with Gasteiger partial charge in [-0.05, 0) is 65.3 Å². The lowest BCUT2D eigenvalue weighted by molar-refractivity contribution is -0.124. The number of rotatable bonds is 12. The first-order valence-electron chi connectivity index (χ1n) is 14.7. The standard InChI is InChI=1S/C36H37N3O3S/c1-3-9-33-38-34-24(2)18-27(21-37-35(40)29(23-43)19-25-10-5-4-6-11-25)20-32(34)39(33)22-26-14-16-28(17-15-26)30-12-7-8-13-31(30)36(41)42/h4-8,10-18,20,29,43H,3,9,19,21-23H2,1-2H3,(H,37,40)(H,41,42). The SMILES string of the molecule is CCCc1nc2c(C)cc(CNC(=O)C(CS)Cc3ccccc3)cc2n1Cc1ccc(-c2ccccc2C(=O)O)cc1. The number of carboxylic acid groups (broad SMARTS) is 1. The van der Waals surface area contributed by atoms with Gasteiger partial charge in [-0.3, -0.25) is 4.79 Å². The fourth-order valence-corrected chi connectivity index (χ4v) is 5.87. The summed E-state index contributed by atoms with van der Waals surface area (Å²) in [6.07, 6.45) is 2.48. The fraction of sp³-hybridized carbons (Fsp3) is 0.250. The molecule has 0 saturated heterocycles. The number of nitrogens with zero attached hydrogens (tertiary/aromatic N) is 2. The molecule has 2 N–H and O–H groups in total. The lowest BCUT2D eigenvalue weighted by atomic mass is 9.98. The highest BCUT2D eigenvalue weighted by atomic mass is 32.1. The van der Waals surface area contributed by atoms with Gasteiger partial charge in [0.15, 0.2) is 0 Å². The maximum Gasteiger partial charge on any atom is 0.336 e. The van der Waals surface area contributed by atoms with E-state index in [1.807, 2.05) is 54.6 Å². The van der Waals surface area contributed by atoms with Crippen molar-refractivity contribution in [1.29, 1.82) is 0 Å². The Morgan fingerprint density at radius 1 is 0.930 bits per heavy atom. The average Bonchev–Trinajstić information content (AvgIpc) is 3.36. The maximum atomic E-state index is 13.1. The van der Waals surface area contributed by atoms with E-state index >= 15 is 0 Å². The molecule has 5 aromatic rings. The Kier molecular flexibility index (Phi) is 9.62. The number of aromatic nitrogens is 2. The molecule has 7 heteroatoms. The van der Waals surface area contributed by atoms with E-state index in [-0.39, 0.29) is 17.4 Å². The van der Waals surface area contributed by atoms with E-state index in [2.05, 4.69) is 60.6 Å². The molecule has 0 aliphatic rings. The number of aryl methyl sites for hydroxylation is 2. The molecular formula is C36H37N3O3S. The number of hydrogen-bond acceptors (Lipinski definition) is 4. The summed E-state index contributed by atoms with van der Waals surface area (Å²) in [4.78, 5) is 29.8. The predicted octanol–water partition coefficient (Wildman–Crippen LogP) is 7.12. The van der Waals surface area contributed by atoms with E-state index in [4.69, 9.17) is 4.98 Å². The van der Waals surface area contributed by atoms with E-state index in [9.17, 15) is 14.7 Å². The molecule has 0 spiro atoms.